The number of hydrogen-bond donors (Lipinski definition) is 0. The Morgan fingerprint density at radius 2 is 1.43 bits per heavy atom. The van der Waals surface area contributed by atoms with Gasteiger partial charge in [0, 0.05) is 0 Å². The SMILES string of the molecule is C=CC.C=CC(=C)SCC.CC.CC. The van der Waals surface area contributed by atoms with Crippen molar-refractivity contribution in [3.8, 4) is 0 Å². The highest BCUT2D eigenvalue weighted by Crippen LogP contribution is 2.11. The van der Waals surface area contributed by atoms with Crippen LogP contribution in [0.1, 0.15) is 41.5 Å². The number of hydrogen-bond acceptors (Lipinski definition) is 1. The average Bonchev–Trinajstić information content (AvgIpc) is 2.25. The maximum Gasteiger partial charge on any atom is -0.000602 e. The molecule has 86 valence electrons. The van der Waals surface area contributed by atoms with Gasteiger partial charge in [0.1, 0.15) is 0 Å². The highest BCUT2D eigenvalue weighted by molar-refractivity contribution is 8.03. The molecule has 0 nitrogen and oxygen atoms in total. The maximum atomic E-state index is 3.71. The molecule has 14 heavy (non-hydrogen) atoms. The van der Waals surface area contributed by atoms with E-state index >= 15 is 0 Å². The van der Waals surface area contributed by atoms with E-state index in [0.717, 1.165) is 10.7 Å². The van der Waals surface area contributed by atoms with Crippen molar-refractivity contribution in [1.29, 1.82) is 0 Å². The van der Waals surface area contributed by atoms with Gasteiger partial charge in [-0.3, -0.25) is 0 Å². The first-order valence-corrected chi connectivity index (χ1v) is 6.22. The van der Waals surface area contributed by atoms with Crippen LogP contribution in [0.15, 0.2) is 36.8 Å². The predicted molar refractivity (Wildman–Crippen MR) is 76.0 cm³/mol. The monoisotopic (exact) mass is 216 g/mol. The second-order valence-corrected chi connectivity index (χ2v) is 2.90. The lowest BCUT2D eigenvalue weighted by atomic mass is 10.6. The molecule has 0 fully saturated rings. The fraction of sp³-hybridized carbons (Fsp3) is 0.538. The smallest absolute Gasteiger partial charge is 0.000602 e. The Bertz CT molecular complexity index is 104. The molecule has 0 saturated heterocycles. The minimum absolute atomic E-state index is 1.06. The predicted octanol–water partition coefficient (Wildman–Crippen LogP) is 5.68. The Kier molecular flexibility index (Phi) is 65.2. The van der Waals surface area contributed by atoms with Crippen molar-refractivity contribution in [2.75, 3.05) is 5.75 Å². The summed E-state index contributed by atoms with van der Waals surface area (Å²) < 4.78 is 0. The van der Waals surface area contributed by atoms with Gasteiger partial charge in [0.2, 0.25) is 0 Å². The van der Waals surface area contributed by atoms with E-state index in [1.807, 2.05) is 34.6 Å². The van der Waals surface area contributed by atoms with Crippen LogP contribution in [0.4, 0.5) is 0 Å². The summed E-state index contributed by atoms with van der Waals surface area (Å²) in [7, 11) is 0. The van der Waals surface area contributed by atoms with E-state index in [0.29, 0.717) is 0 Å². The zero-order valence-electron chi connectivity index (χ0n) is 10.9. The summed E-state index contributed by atoms with van der Waals surface area (Å²) in [5.74, 6) is 1.09. The number of rotatable bonds is 3. The van der Waals surface area contributed by atoms with Gasteiger partial charge >= 0.3 is 0 Å². The van der Waals surface area contributed by atoms with E-state index in [-0.39, 0.29) is 0 Å². The summed E-state index contributed by atoms with van der Waals surface area (Å²) >= 11 is 1.72. The Hall–Kier alpha value is -0.430. The quantitative estimate of drug-likeness (QED) is 0.432. The Morgan fingerprint density at radius 3 is 1.50 bits per heavy atom. The first-order chi connectivity index (χ1) is 6.72. The van der Waals surface area contributed by atoms with Crippen LogP contribution in [0.25, 0.3) is 0 Å². The van der Waals surface area contributed by atoms with Crippen LogP contribution in [0.5, 0.6) is 0 Å². The molecule has 0 saturated carbocycles. The van der Waals surface area contributed by atoms with Crippen LogP contribution in [0, 0.1) is 0 Å². The summed E-state index contributed by atoms with van der Waals surface area (Å²) in [6, 6.07) is 0. The minimum atomic E-state index is 1.06. The Morgan fingerprint density at radius 1 is 1.14 bits per heavy atom. The summed E-state index contributed by atoms with van der Waals surface area (Å²) in [6.45, 7) is 22.6. The third-order valence-electron chi connectivity index (χ3n) is 0.557. The van der Waals surface area contributed by atoms with E-state index in [2.05, 4.69) is 26.7 Å². The van der Waals surface area contributed by atoms with Crippen molar-refractivity contribution in [2.45, 2.75) is 41.5 Å². The van der Waals surface area contributed by atoms with E-state index in [1.165, 1.54) is 0 Å². The summed E-state index contributed by atoms with van der Waals surface area (Å²) in [5.41, 5.74) is 0. The van der Waals surface area contributed by atoms with Crippen molar-refractivity contribution in [2.24, 2.45) is 0 Å². The molecule has 0 rings (SSSR count). The molecule has 0 heterocycles. The molecule has 0 aliphatic heterocycles. The van der Waals surface area contributed by atoms with Crippen molar-refractivity contribution >= 4 is 11.8 Å². The van der Waals surface area contributed by atoms with Gasteiger partial charge in [0.15, 0.2) is 0 Å². The lowest BCUT2D eigenvalue weighted by Crippen LogP contribution is -1.64. The summed E-state index contributed by atoms with van der Waals surface area (Å²) in [6.07, 6.45) is 3.52. The van der Waals surface area contributed by atoms with Gasteiger partial charge in [0.05, 0.1) is 0 Å². The largest absolute Gasteiger partial charge is 0.127 e. The Labute approximate surface area is 96.2 Å². The second-order valence-electron chi connectivity index (χ2n) is 1.51. The van der Waals surface area contributed by atoms with E-state index < -0.39 is 0 Å². The topological polar surface area (TPSA) is 0 Å². The van der Waals surface area contributed by atoms with Gasteiger partial charge in [-0.05, 0) is 17.6 Å². The molecule has 0 aliphatic rings. The minimum Gasteiger partial charge on any atom is -0.127 e. The van der Waals surface area contributed by atoms with E-state index in [9.17, 15) is 0 Å². The third kappa shape index (κ3) is 61.9. The summed E-state index contributed by atoms with van der Waals surface area (Å²) in [5, 5.41) is 0. The molecule has 0 atom stereocenters. The maximum absolute atomic E-state index is 3.71. The molecule has 0 aromatic rings. The molecule has 0 unspecified atom stereocenters. The summed E-state index contributed by atoms with van der Waals surface area (Å²) in [4.78, 5) is 1.06. The Balaban J connectivity index is -0.0000000603. The average molecular weight is 216 g/mol. The van der Waals surface area contributed by atoms with Crippen LogP contribution in [0.2, 0.25) is 0 Å². The van der Waals surface area contributed by atoms with Crippen molar-refractivity contribution in [3.63, 3.8) is 0 Å². The molecule has 0 aliphatic carbocycles. The lowest BCUT2D eigenvalue weighted by molar-refractivity contribution is 1.50. The molecular formula is C13H28S. The second kappa shape index (κ2) is 39.0. The first-order valence-electron chi connectivity index (χ1n) is 5.24. The highest BCUT2D eigenvalue weighted by atomic mass is 32.2. The zero-order valence-corrected chi connectivity index (χ0v) is 11.7. The molecule has 0 radical (unpaired) electrons. The molecule has 0 aromatic carbocycles. The van der Waals surface area contributed by atoms with Gasteiger partial charge in [-0.15, -0.1) is 18.3 Å². The number of allylic oxidation sites excluding steroid dienone is 2. The standard InChI is InChI=1S/C6H10S.C3H6.2C2H6/c1-4-6(3)7-5-2;1-3-2;2*1-2/h4H,1,3,5H2,2H3;3H,1H2,2H3;2*1-2H3. The van der Waals surface area contributed by atoms with Crippen molar-refractivity contribution < 1.29 is 0 Å². The fourth-order valence-electron chi connectivity index (χ4n) is 0.244. The van der Waals surface area contributed by atoms with Gasteiger partial charge in [-0.1, -0.05) is 59.9 Å². The van der Waals surface area contributed by atoms with Gasteiger partial charge in [0.25, 0.3) is 0 Å². The first kappa shape index (κ1) is 23.4. The van der Waals surface area contributed by atoms with Crippen molar-refractivity contribution in [1.82, 2.24) is 0 Å². The van der Waals surface area contributed by atoms with Crippen molar-refractivity contribution in [3.05, 3.63) is 36.8 Å². The molecular weight excluding hydrogens is 188 g/mol. The molecule has 0 N–H and O–H groups in total. The molecule has 0 amide bonds. The fourth-order valence-corrected chi connectivity index (χ4v) is 0.733. The van der Waals surface area contributed by atoms with Crippen LogP contribution in [-0.4, -0.2) is 5.75 Å². The molecule has 1 heteroatoms. The van der Waals surface area contributed by atoms with Crippen LogP contribution in [0.3, 0.4) is 0 Å². The van der Waals surface area contributed by atoms with E-state index in [4.69, 9.17) is 0 Å². The molecule has 0 aromatic heterocycles. The lowest BCUT2D eigenvalue weighted by Gasteiger charge is -1.89. The van der Waals surface area contributed by atoms with Gasteiger partial charge in [-0.2, -0.15) is 0 Å². The van der Waals surface area contributed by atoms with Gasteiger partial charge in [-0.25, -0.2) is 0 Å². The number of thioether (sulfide) groups is 1. The highest BCUT2D eigenvalue weighted by Gasteiger charge is 1.79. The molecule has 0 bridgehead atoms. The van der Waals surface area contributed by atoms with Gasteiger partial charge < -0.3 is 0 Å². The normalized spacial score (nSPS) is 5.86. The van der Waals surface area contributed by atoms with Crippen LogP contribution >= 0.6 is 11.8 Å². The third-order valence-corrected chi connectivity index (χ3v) is 1.38. The molecule has 0 spiro atoms. The van der Waals surface area contributed by atoms with E-state index in [1.54, 1.807) is 23.9 Å². The van der Waals surface area contributed by atoms with Crippen LogP contribution < -0.4 is 0 Å². The zero-order chi connectivity index (χ0) is 12.4. The van der Waals surface area contributed by atoms with Crippen LogP contribution in [-0.2, 0) is 0 Å².